The highest BCUT2D eigenvalue weighted by molar-refractivity contribution is 5.98. The molecule has 10 atom stereocenters. The minimum Gasteiger partial charge on any atom is -0.496 e. The van der Waals surface area contributed by atoms with Gasteiger partial charge in [-0.25, -0.2) is 0 Å². The molecule has 6 rings (SSSR count). The van der Waals surface area contributed by atoms with E-state index in [4.69, 9.17) is 9.57 Å². The van der Waals surface area contributed by atoms with E-state index in [1.54, 1.807) is 19.1 Å². The minimum atomic E-state index is -0.916. The molecular formula is C48H69N5O6. The molecule has 2 amide bonds. The Kier molecular flexibility index (Phi) is 13.8. The van der Waals surface area contributed by atoms with Gasteiger partial charge in [0.15, 0.2) is 0 Å². The fourth-order valence-corrected chi connectivity index (χ4v) is 10.1. The Hall–Kier alpha value is -4.00. The van der Waals surface area contributed by atoms with Gasteiger partial charge >= 0.3 is 0 Å². The lowest BCUT2D eigenvalue weighted by Crippen LogP contribution is -2.56. The molecule has 1 saturated carbocycles. The molecule has 59 heavy (non-hydrogen) atoms. The molecule has 0 bridgehead atoms. The predicted molar refractivity (Wildman–Crippen MR) is 234 cm³/mol. The van der Waals surface area contributed by atoms with E-state index in [0.29, 0.717) is 23.1 Å². The quantitative estimate of drug-likeness (QED) is 0.175. The van der Waals surface area contributed by atoms with Gasteiger partial charge < -0.3 is 35.0 Å². The molecule has 322 valence electrons. The lowest BCUT2D eigenvalue weighted by atomic mass is 9.58. The third-order valence-electron chi connectivity index (χ3n) is 14.3. The summed E-state index contributed by atoms with van der Waals surface area (Å²) < 4.78 is 6.18. The number of likely N-dealkylation sites (N-methyl/N-ethyl adjacent to an activating group) is 1. The summed E-state index contributed by atoms with van der Waals surface area (Å²) in [4.78, 5) is 41.9. The summed E-state index contributed by atoms with van der Waals surface area (Å²) in [5.41, 5.74) is 5.13. The lowest BCUT2D eigenvalue weighted by Gasteiger charge is -2.50. The zero-order valence-electron chi connectivity index (χ0n) is 37.2. The zero-order valence-corrected chi connectivity index (χ0v) is 37.2. The Bertz CT molecular complexity index is 1920. The molecular weight excluding hydrogens is 743 g/mol. The van der Waals surface area contributed by atoms with Gasteiger partial charge in [-0.1, -0.05) is 83.1 Å². The number of anilines is 1. The largest absolute Gasteiger partial charge is 0.496 e. The lowest BCUT2D eigenvalue weighted by molar-refractivity contribution is -0.182. The standard InChI is InChI=1S/C48H69N5O6/c1-29-22-40(30(2)31(3)48(29,5)6)49-46(56)44-43(32(4)55)42(28-54)59-52(44)26-34-18-15-19-39(45(34)58-11)35-23-36(25-38(24-35)51(9)10)47(57)53-37(27-50(7)8)20-21-41(53)33-16-13-12-14-17-33/h12-19,23-25,29-32,37,40-44,54-55H,20-22,26-28H2,1-11H3,(H,49,56)/t29-,30+,31+,32+,37-,40+,41+,42+,43+,44+/m1/s1. The highest BCUT2D eigenvalue weighted by Crippen LogP contribution is 2.48. The van der Waals surface area contributed by atoms with E-state index in [9.17, 15) is 19.8 Å². The summed E-state index contributed by atoms with van der Waals surface area (Å²) in [6.45, 7) is 13.6. The molecule has 3 N–H and O–H groups in total. The van der Waals surface area contributed by atoms with E-state index < -0.39 is 24.2 Å². The third-order valence-corrected chi connectivity index (χ3v) is 14.3. The highest BCUT2D eigenvalue weighted by Gasteiger charge is 2.51. The summed E-state index contributed by atoms with van der Waals surface area (Å²) in [7, 11) is 9.68. The van der Waals surface area contributed by atoms with Gasteiger partial charge in [-0.3, -0.25) is 14.4 Å². The highest BCUT2D eigenvalue weighted by atomic mass is 16.7. The number of hydroxylamine groups is 2. The molecule has 11 nitrogen and oxygen atoms in total. The molecule has 3 aromatic carbocycles. The molecule has 1 aliphatic carbocycles. The molecule has 2 heterocycles. The number of benzene rings is 3. The summed E-state index contributed by atoms with van der Waals surface area (Å²) in [6, 6.07) is 21.3. The number of hydrogen-bond acceptors (Lipinski definition) is 9. The first-order valence-electron chi connectivity index (χ1n) is 21.5. The first kappa shape index (κ1) is 44.5. The van der Waals surface area contributed by atoms with E-state index in [1.165, 1.54) is 0 Å². The molecule has 2 saturated heterocycles. The van der Waals surface area contributed by atoms with E-state index in [1.807, 2.05) is 67.5 Å². The number of ether oxygens (including phenoxy) is 1. The van der Waals surface area contributed by atoms with Crippen molar-refractivity contribution in [3.8, 4) is 16.9 Å². The van der Waals surface area contributed by atoms with Crippen molar-refractivity contribution in [1.29, 1.82) is 0 Å². The van der Waals surface area contributed by atoms with Gasteiger partial charge in [0.1, 0.15) is 17.9 Å². The van der Waals surface area contributed by atoms with Crippen LogP contribution < -0.4 is 15.0 Å². The van der Waals surface area contributed by atoms with Gasteiger partial charge in [-0.15, -0.1) is 0 Å². The molecule has 11 heteroatoms. The number of nitrogens with zero attached hydrogens (tertiary/aromatic N) is 4. The van der Waals surface area contributed by atoms with Gasteiger partial charge in [0.25, 0.3) is 5.91 Å². The van der Waals surface area contributed by atoms with Crippen LogP contribution in [0.4, 0.5) is 5.69 Å². The van der Waals surface area contributed by atoms with Crippen LogP contribution in [0.1, 0.15) is 88.3 Å². The number of hydrogen-bond donors (Lipinski definition) is 3. The Morgan fingerprint density at radius 3 is 2.34 bits per heavy atom. The molecule has 0 unspecified atom stereocenters. The van der Waals surface area contributed by atoms with Crippen molar-refractivity contribution in [1.82, 2.24) is 20.2 Å². The second-order valence-corrected chi connectivity index (χ2v) is 18.7. The average molecular weight is 812 g/mol. The number of aliphatic hydroxyl groups is 2. The SMILES string of the molecule is COc1c(CN2O[C@@H](CO)[C@H]([C@H](C)O)[C@H]2C(=O)N[C@H]2C[C@@H](C)C(C)(C)[C@@H](C)[C@@H]2C)cccc1-c1cc(C(=O)N2[C@@H](CN(C)C)CC[C@H]2c2ccccc2)cc(N(C)C)c1. The second kappa shape index (κ2) is 18.3. The predicted octanol–water partition coefficient (Wildman–Crippen LogP) is 6.63. The van der Waals surface area contributed by atoms with Gasteiger partial charge in [0.2, 0.25) is 5.91 Å². The van der Waals surface area contributed by atoms with Gasteiger partial charge in [-0.2, -0.15) is 5.06 Å². The maximum atomic E-state index is 14.9. The molecule has 0 aromatic heterocycles. The Labute approximate surface area is 352 Å². The summed E-state index contributed by atoms with van der Waals surface area (Å²) in [5, 5.41) is 26.5. The summed E-state index contributed by atoms with van der Waals surface area (Å²) in [6.07, 6.45) is 0.979. The van der Waals surface area contributed by atoms with Crippen LogP contribution in [0.3, 0.4) is 0 Å². The summed E-state index contributed by atoms with van der Waals surface area (Å²) >= 11 is 0. The van der Waals surface area contributed by atoms with Crippen LogP contribution in [0.2, 0.25) is 0 Å². The van der Waals surface area contributed by atoms with E-state index in [2.05, 4.69) is 82.0 Å². The van der Waals surface area contributed by atoms with Crippen LogP contribution in [0, 0.1) is 29.1 Å². The molecule has 0 radical (unpaired) electrons. The van der Waals surface area contributed by atoms with Crippen molar-refractivity contribution in [3.05, 3.63) is 83.4 Å². The van der Waals surface area contributed by atoms with Crippen molar-refractivity contribution >= 4 is 17.5 Å². The number of methoxy groups -OCH3 is 1. The fraction of sp³-hybridized carbons (Fsp3) is 0.583. The maximum absolute atomic E-state index is 14.9. The Morgan fingerprint density at radius 2 is 1.71 bits per heavy atom. The number of aliphatic hydroxyl groups excluding tert-OH is 2. The fourth-order valence-electron chi connectivity index (χ4n) is 10.1. The first-order chi connectivity index (χ1) is 28.0. The monoisotopic (exact) mass is 812 g/mol. The van der Waals surface area contributed by atoms with Crippen LogP contribution in [-0.2, 0) is 16.2 Å². The maximum Gasteiger partial charge on any atom is 0.254 e. The minimum absolute atomic E-state index is 0.0126. The third kappa shape index (κ3) is 9.05. The number of carbonyl (C=O) groups excluding carboxylic acids is 2. The average Bonchev–Trinajstić information content (AvgIpc) is 3.80. The van der Waals surface area contributed by atoms with Crippen molar-refractivity contribution in [2.75, 3.05) is 53.4 Å². The van der Waals surface area contributed by atoms with Crippen LogP contribution in [-0.4, -0.2) is 116 Å². The number of carbonyl (C=O) groups is 2. The number of amides is 2. The van der Waals surface area contributed by atoms with E-state index in [-0.39, 0.29) is 54.4 Å². The van der Waals surface area contributed by atoms with Crippen molar-refractivity contribution in [3.63, 3.8) is 0 Å². The van der Waals surface area contributed by atoms with Crippen LogP contribution in [0.5, 0.6) is 5.75 Å². The normalized spacial score (nSPS) is 28.8. The molecule has 2 aliphatic heterocycles. The van der Waals surface area contributed by atoms with Gasteiger partial charge in [0.05, 0.1) is 32.4 Å². The molecule has 3 fully saturated rings. The van der Waals surface area contributed by atoms with Crippen LogP contribution >= 0.6 is 0 Å². The van der Waals surface area contributed by atoms with Crippen molar-refractivity contribution < 1.29 is 29.4 Å². The zero-order chi connectivity index (χ0) is 42.9. The molecule has 3 aliphatic rings. The van der Waals surface area contributed by atoms with Crippen molar-refractivity contribution in [2.24, 2.45) is 29.1 Å². The smallest absolute Gasteiger partial charge is 0.254 e. The summed E-state index contributed by atoms with van der Waals surface area (Å²) in [5.74, 6) is 0.737. The van der Waals surface area contributed by atoms with Crippen LogP contribution in [0.25, 0.3) is 11.1 Å². The number of para-hydroxylation sites is 1. The Balaban J connectivity index is 1.35. The Morgan fingerprint density at radius 1 is 1.00 bits per heavy atom. The molecule has 3 aromatic rings. The number of rotatable bonds is 13. The molecule has 0 spiro atoms. The number of nitrogens with one attached hydrogen (secondary N) is 1. The van der Waals surface area contributed by atoms with E-state index in [0.717, 1.165) is 53.7 Å². The number of likely N-dealkylation sites (tertiary alicyclic amines) is 1. The topological polar surface area (TPSA) is 118 Å². The van der Waals surface area contributed by atoms with Gasteiger partial charge in [-0.05, 0) is 92.8 Å². The van der Waals surface area contributed by atoms with Crippen LogP contribution in [0.15, 0.2) is 66.7 Å². The van der Waals surface area contributed by atoms with Crippen molar-refractivity contribution in [2.45, 2.75) is 104 Å². The second-order valence-electron chi connectivity index (χ2n) is 18.7. The first-order valence-corrected chi connectivity index (χ1v) is 21.5. The van der Waals surface area contributed by atoms with Gasteiger partial charge in [0, 0.05) is 61.0 Å². The van der Waals surface area contributed by atoms with E-state index >= 15 is 0 Å².